The fraction of sp³-hybridized carbons (Fsp3) is 0.600. The Morgan fingerprint density at radius 1 is 1.21 bits per heavy atom. The van der Waals surface area contributed by atoms with Gasteiger partial charge in [0, 0.05) is 25.2 Å². The molecule has 1 amide bonds. The second-order valence-electron chi connectivity index (χ2n) is 7.76. The van der Waals surface area contributed by atoms with Gasteiger partial charge in [-0.05, 0) is 43.7 Å². The van der Waals surface area contributed by atoms with Crippen LogP contribution in [0.4, 0.5) is 11.4 Å². The number of hydrogen-bond donors (Lipinski definition) is 1. The summed E-state index contributed by atoms with van der Waals surface area (Å²) in [7, 11) is 0. The zero-order valence-electron chi connectivity index (χ0n) is 16.2. The molecule has 0 atom stereocenters. The molecule has 1 aliphatic heterocycles. The molecule has 1 saturated carbocycles. The first-order valence-electron chi connectivity index (χ1n) is 9.94. The number of hydrogen-bond acceptors (Lipinski definition) is 6. The lowest BCUT2D eigenvalue weighted by Crippen LogP contribution is -2.36. The van der Waals surface area contributed by atoms with Gasteiger partial charge in [0.25, 0.3) is 11.6 Å². The number of benzene rings is 1. The Balaban J connectivity index is 1.63. The molecular weight excluding hydrogens is 362 g/mol. The van der Waals surface area contributed by atoms with Gasteiger partial charge in [0.05, 0.1) is 10.5 Å². The van der Waals surface area contributed by atoms with E-state index in [2.05, 4.69) is 12.2 Å². The minimum absolute atomic E-state index is 0.0782. The van der Waals surface area contributed by atoms with Gasteiger partial charge >= 0.3 is 5.97 Å². The number of esters is 1. The Kier molecular flexibility index (Phi) is 6.49. The van der Waals surface area contributed by atoms with Crippen LogP contribution >= 0.6 is 0 Å². The molecule has 8 nitrogen and oxygen atoms in total. The number of nitrogens with one attached hydrogen (secondary N) is 1. The second kappa shape index (κ2) is 9.03. The number of ether oxygens (including phenoxy) is 1. The fourth-order valence-electron chi connectivity index (χ4n) is 3.87. The van der Waals surface area contributed by atoms with Crippen LogP contribution in [-0.2, 0) is 9.53 Å². The van der Waals surface area contributed by atoms with E-state index in [1.807, 2.05) is 4.90 Å². The first kappa shape index (κ1) is 20.1. The van der Waals surface area contributed by atoms with Crippen LogP contribution in [0.2, 0.25) is 0 Å². The third-order valence-corrected chi connectivity index (χ3v) is 5.59. The quantitative estimate of drug-likeness (QED) is 0.456. The molecule has 1 N–H and O–H groups in total. The van der Waals surface area contributed by atoms with Gasteiger partial charge in [-0.15, -0.1) is 0 Å². The number of carbonyl (C=O) groups excluding carboxylic acids is 2. The first-order chi connectivity index (χ1) is 13.4. The first-order valence-corrected chi connectivity index (χ1v) is 9.94. The van der Waals surface area contributed by atoms with Crippen molar-refractivity contribution in [1.82, 2.24) is 5.32 Å². The lowest BCUT2D eigenvalue weighted by atomic mass is 9.98. The van der Waals surface area contributed by atoms with Gasteiger partial charge < -0.3 is 15.0 Å². The maximum Gasteiger partial charge on any atom is 0.338 e. The van der Waals surface area contributed by atoms with Crippen LogP contribution in [0.1, 0.15) is 55.8 Å². The lowest BCUT2D eigenvalue weighted by Gasteiger charge is -2.31. The molecule has 0 radical (unpaired) electrons. The molecule has 2 aliphatic rings. The van der Waals surface area contributed by atoms with E-state index in [4.69, 9.17) is 4.74 Å². The molecule has 28 heavy (non-hydrogen) atoms. The minimum Gasteiger partial charge on any atom is -0.452 e. The summed E-state index contributed by atoms with van der Waals surface area (Å²) >= 11 is 0. The molecule has 8 heteroatoms. The van der Waals surface area contributed by atoms with E-state index in [0.717, 1.165) is 51.6 Å². The van der Waals surface area contributed by atoms with E-state index in [-0.39, 0.29) is 29.8 Å². The van der Waals surface area contributed by atoms with Gasteiger partial charge in [-0.25, -0.2) is 4.79 Å². The summed E-state index contributed by atoms with van der Waals surface area (Å²) in [6.07, 6.45) is 6.05. The topological polar surface area (TPSA) is 102 Å². The maximum absolute atomic E-state index is 12.3. The van der Waals surface area contributed by atoms with Gasteiger partial charge in [0.1, 0.15) is 5.69 Å². The molecule has 2 fully saturated rings. The highest BCUT2D eigenvalue weighted by atomic mass is 16.6. The van der Waals surface area contributed by atoms with Crippen molar-refractivity contribution in [2.75, 3.05) is 24.6 Å². The molecule has 0 bridgehead atoms. The number of amides is 1. The van der Waals surface area contributed by atoms with Gasteiger partial charge in [0.2, 0.25) is 0 Å². The van der Waals surface area contributed by atoms with Crippen LogP contribution in [0.5, 0.6) is 0 Å². The average Bonchev–Trinajstić information content (AvgIpc) is 3.19. The highest BCUT2D eigenvalue weighted by Gasteiger charge is 2.25. The molecule has 1 heterocycles. The Morgan fingerprint density at radius 3 is 2.54 bits per heavy atom. The van der Waals surface area contributed by atoms with Crippen molar-refractivity contribution in [3.8, 4) is 0 Å². The van der Waals surface area contributed by atoms with Gasteiger partial charge in [0.15, 0.2) is 6.61 Å². The summed E-state index contributed by atoms with van der Waals surface area (Å²) in [5, 5.41) is 14.4. The number of nitro groups is 1. The van der Waals surface area contributed by atoms with E-state index in [1.54, 1.807) is 6.07 Å². The third-order valence-electron chi connectivity index (χ3n) is 5.59. The van der Waals surface area contributed by atoms with Crippen LogP contribution in [0.25, 0.3) is 0 Å². The third kappa shape index (κ3) is 4.99. The zero-order chi connectivity index (χ0) is 20.1. The van der Waals surface area contributed by atoms with Crippen LogP contribution in [0.15, 0.2) is 18.2 Å². The number of carbonyl (C=O) groups is 2. The number of nitrogens with zero attached hydrogens (tertiary/aromatic N) is 2. The summed E-state index contributed by atoms with van der Waals surface area (Å²) < 4.78 is 5.05. The standard InChI is InChI=1S/C20H27N3O5/c1-14-8-10-22(11-9-14)17-7-6-15(12-18(17)23(26)27)20(25)28-13-19(24)21-16-4-2-3-5-16/h6-7,12,14,16H,2-5,8-11,13H2,1H3,(H,21,24). The van der Waals surface area contributed by atoms with Gasteiger partial charge in [-0.3, -0.25) is 14.9 Å². The van der Waals surface area contributed by atoms with Crippen molar-refractivity contribution in [2.24, 2.45) is 5.92 Å². The molecule has 1 aromatic rings. The van der Waals surface area contributed by atoms with Crippen molar-refractivity contribution in [3.63, 3.8) is 0 Å². The molecule has 1 saturated heterocycles. The van der Waals surface area contributed by atoms with Crippen molar-refractivity contribution in [2.45, 2.75) is 51.5 Å². The maximum atomic E-state index is 12.3. The van der Waals surface area contributed by atoms with E-state index in [1.165, 1.54) is 12.1 Å². The Morgan fingerprint density at radius 2 is 1.89 bits per heavy atom. The van der Waals surface area contributed by atoms with E-state index in [0.29, 0.717) is 11.6 Å². The molecule has 0 unspecified atom stereocenters. The zero-order valence-corrected chi connectivity index (χ0v) is 16.2. The van der Waals surface area contributed by atoms with Gasteiger partial charge in [-0.1, -0.05) is 19.8 Å². The van der Waals surface area contributed by atoms with E-state index < -0.39 is 10.9 Å². The number of anilines is 1. The van der Waals surface area contributed by atoms with Crippen molar-refractivity contribution >= 4 is 23.3 Å². The Bertz CT molecular complexity index is 737. The molecule has 152 valence electrons. The van der Waals surface area contributed by atoms with Crippen LogP contribution in [0, 0.1) is 16.0 Å². The molecule has 1 aliphatic carbocycles. The molecule has 3 rings (SSSR count). The summed E-state index contributed by atoms with van der Waals surface area (Å²) in [6, 6.07) is 4.52. The molecule has 0 aromatic heterocycles. The van der Waals surface area contributed by atoms with E-state index in [9.17, 15) is 19.7 Å². The summed E-state index contributed by atoms with van der Waals surface area (Å²) in [5.41, 5.74) is 0.487. The number of nitro benzene ring substituents is 1. The largest absolute Gasteiger partial charge is 0.452 e. The predicted octanol–water partition coefficient (Wildman–Crippen LogP) is 3.05. The Labute approximate surface area is 164 Å². The van der Waals surface area contributed by atoms with Crippen molar-refractivity contribution in [1.29, 1.82) is 0 Å². The summed E-state index contributed by atoms with van der Waals surface area (Å²) in [5.74, 6) is -0.461. The van der Waals surface area contributed by atoms with E-state index >= 15 is 0 Å². The Hall–Kier alpha value is -2.64. The monoisotopic (exact) mass is 389 g/mol. The van der Waals surface area contributed by atoms with Crippen molar-refractivity contribution in [3.05, 3.63) is 33.9 Å². The van der Waals surface area contributed by atoms with Crippen molar-refractivity contribution < 1.29 is 19.2 Å². The fourth-order valence-corrected chi connectivity index (χ4v) is 3.87. The normalized spacial score (nSPS) is 18.1. The summed E-state index contributed by atoms with van der Waals surface area (Å²) in [4.78, 5) is 37.2. The highest BCUT2D eigenvalue weighted by molar-refractivity contribution is 5.93. The van der Waals surface area contributed by atoms with Gasteiger partial charge in [-0.2, -0.15) is 0 Å². The number of rotatable bonds is 6. The summed E-state index contributed by atoms with van der Waals surface area (Å²) in [6.45, 7) is 3.31. The predicted molar refractivity (Wildman–Crippen MR) is 104 cm³/mol. The molecule has 1 aromatic carbocycles. The van der Waals surface area contributed by atoms with Crippen LogP contribution < -0.4 is 10.2 Å². The van der Waals surface area contributed by atoms with Crippen LogP contribution in [-0.4, -0.2) is 42.5 Å². The number of piperidine rings is 1. The van der Waals surface area contributed by atoms with Crippen LogP contribution in [0.3, 0.4) is 0 Å². The second-order valence-corrected chi connectivity index (χ2v) is 7.76. The highest BCUT2D eigenvalue weighted by Crippen LogP contribution is 2.32. The lowest BCUT2D eigenvalue weighted by molar-refractivity contribution is -0.384. The average molecular weight is 389 g/mol. The molecular formula is C20H27N3O5. The molecule has 0 spiro atoms. The smallest absolute Gasteiger partial charge is 0.338 e. The SMILES string of the molecule is CC1CCN(c2ccc(C(=O)OCC(=O)NC3CCCC3)cc2[N+](=O)[O-])CC1. The minimum atomic E-state index is -0.733.